The summed E-state index contributed by atoms with van der Waals surface area (Å²) >= 11 is 0. The SMILES string of the molecule is CC(Nc1ncnc2c(N3CCS(=O)CC3)nc(NCCO)nc12)c1ccccc1. The van der Waals surface area contributed by atoms with E-state index in [1.54, 1.807) is 0 Å². The molecule has 1 unspecified atom stereocenters. The lowest BCUT2D eigenvalue weighted by Crippen LogP contribution is -2.38. The molecule has 0 radical (unpaired) electrons. The zero-order valence-corrected chi connectivity index (χ0v) is 17.6. The predicted molar refractivity (Wildman–Crippen MR) is 119 cm³/mol. The lowest BCUT2D eigenvalue weighted by atomic mass is 10.1. The van der Waals surface area contributed by atoms with Crippen molar-refractivity contribution in [3.8, 4) is 0 Å². The van der Waals surface area contributed by atoms with E-state index in [2.05, 4.69) is 54.5 Å². The molecule has 0 bridgehead atoms. The molecule has 1 aliphatic heterocycles. The van der Waals surface area contributed by atoms with Gasteiger partial charge in [-0.1, -0.05) is 30.3 Å². The lowest BCUT2D eigenvalue weighted by molar-refractivity contribution is 0.311. The third-order valence-electron chi connectivity index (χ3n) is 4.99. The van der Waals surface area contributed by atoms with Crippen LogP contribution in [0, 0.1) is 0 Å². The zero-order chi connectivity index (χ0) is 20.9. The zero-order valence-electron chi connectivity index (χ0n) is 16.8. The molecule has 158 valence electrons. The minimum absolute atomic E-state index is 0.0222. The van der Waals surface area contributed by atoms with E-state index in [4.69, 9.17) is 0 Å². The topological polar surface area (TPSA) is 116 Å². The molecular formula is C20H25N7O2S. The van der Waals surface area contributed by atoms with Crippen LogP contribution in [-0.2, 0) is 10.8 Å². The lowest BCUT2D eigenvalue weighted by Gasteiger charge is -2.28. The van der Waals surface area contributed by atoms with Gasteiger partial charge in [-0.3, -0.25) is 4.21 Å². The largest absolute Gasteiger partial charge is 0.395 e. The number of aliphatic hydroxyl groups excluding tert-OH is 1. The highest BCUT2D eigenvalue weighted by Gasteiger charge is 2.22. The van der Waals surface area contributed by atoms with Crippen molar-refractivity contribution in [3.05, 3.63) is 42.2 Å². The molecule has 9 nitrogen and oxygen atoms in total. The van der Waals surface area contributed by atoms with E-state index in [0.29, 0.717) is 59.8 Å². The van der Waals surface area contributed by atoms with Gasteiger partial charge in [-0.15, -0.1) is 0 Å². The Hall–Kier alpha value is -2.85. The molecule has 3 aromatic rings. The molecule has 1 aliphatic rings. The summed E-state index contributed by atoms with van der Waals surface area (Å²) < 4.78 is 11.8. The number of fused-ring (bicyclic) bond motifs is 1. The second kappa shape index (κ2) is 9.31. The van der Waals surface area contributed by atoms with Gasteiger partial charge in [-0.2, -0.15) is 4.98 Å². The number of hydrogen-bond acceptors (Lipinski definition) is 9. The Labute approximate surface area is 177 Å². The van der Waals surface area contributed by atoms with Crippen LogP contribution in [0.2, 0.25) is 0 Å². The number of aromatic nitrogens is 4. The first-order valence-electron chi connectivity index (χ1n) is 9.94. The quantitative estimate of drug-likeness (QED) is 0.516. The van der Waals surface area contributed by atoms with E-state index in [1.165, 1.54) is 6.33 Å². The third-order valence-corrected chi connectivity index (χ3v) is 6.26. The first-order chi connectivity index (χ1) is 14.7. The van der Waals surface area contributed by atoms with Crippen LogP contribution < -0.4 is 15.5 Å². The molecule has 1 atom stereocenters. The number of nitrogens with zero attached hydrogens (tertiary/aromatic N) is 5. The highest BCUT2D eigenvalue weighted by molar-refractivity contribution is 7.85. The van der Waals surface area contributed by atoms with Crippen molar-refractivity contribution >= 4 is 39.4 Å². The maximum atomic E-state index is 11.8. The molecule has 0 amide bonds. The van der Waals surface area contributed by atoms with E-state index < -0.39 is 10.8 Å². The number of anilines is 3. The summed E-state index contributed by atoms with van der Waals surface area (Å²) in [5.41, 5.74) is 2.39. The molecule has 1 aromatic carbocycles. The molecule has 30 heavy (non-hydrogen) atoms. The third kappa shape index (κ3) is 4.49. The van der Waals surface area contributed by atoms with Crippen LogP contribution >= 0.6 is 0 Å². The predicted octanol–water partition coefficient (Wildman–Crippen LogP) is 1.57. The summed E-state index contributed by atoms with van der Waals surface area (Å²) in [5, 5.41) is 15.7. The average molecular weight is 428 g/mol. The van der Waals surface area contributed by atoms with Crippen molar-refractivity contribution in [2.75, 3.05) is 53.3 Å². The number of benzene rings is 1. The Bertz CT molecular complexity index is 1020. The second-order valence-corrected chi connectivity index (χ2v) is 8.75. The summed E-state index contributed by atoms with van der Waals surface area (Å²) in [5.74, 6) is 2.92. The van der Waals surface area contributed by atoms with Crippen LogP contribution in [-0.4, -0.2) is 67.0 Å². The first kappa shape index (κ1) is 20.4. The van der Waals surface area contributed by atoms with E-state index in [1.807, 2.05) is 18.2 Å². The van der Waals surface area contributed by atoms with Gasteiger partial charge >= 0.3 is 0 Å². The smallest absolute Gasteiger partial charge is 0.225 e. The second-order valence-electron chi connectivity index (χ2n) is 7.05. The van der Waals surface area contributed by atoms with Gasteiger partial charge in [0.15, 0.2) is 11.6 Å². The van der Waals surface area contributed by atoms with Gasteiger partial charge in [-0.05, 0) is 12.5 Å². The van der Waals surface area contributed by atoms with Crippen molar-refractivity contribution < 1.29 is 9.32 Å². The molecule has 0 saturated carbocycles. The standard InChI is InChI=1S/C20H25N7O2S/c1-14(15-5-3-2-4-6-15)24-18-16-17(22-13-23-18)19(26-20(25-16)21-7-10-28)27-8-11-30(29)12-9-27/h2-6,13-14,28H,7-12H2,1H3,(H,21,25,26)(H,22,23,24). The molecule has 0 spiro atoms. The van der Waals surface area contributed by atoms with Gasteiger partial charge in [-0.25, -0.2) is 15.0 Å². The summed E-state index contributed by atoms with van der Waals surface area (Å²) in [6.07, 6.45) is 1.51. The number of aliphatic hydroxyl groups is 1. The molecule has 10 heteroatoms. The van der Waals surface area contributed by atoms with Crippen LogP contribution in [0.3, 0.4) is 0 Å². The average Bonchev–Trinajstić information content (AvgIpc) is 2.78. The number of rotatable bonds is 7. The maximum absolute atomic E-state index is 11.8. The fourth-order valence-corrected chi connectivity index (χ4v) is 4.44. The maximum Gasteiger partial charge on any atom is 0.225 e. The fraction of sp³-hybridized carbons (Fsp3) is 0.400. The number of hydrogen-bond donors (Lipinski definition) is 3. The molecule has 0 aliphatic carbocycles. The molecule has 4 rings (SSSR count). The van der Waals surface area contributed by atoms with Crippen molar-refractivity contribution in [2.24, 2.45) is 0 Å². The first-order valence-corrected chi connectivity index (χ1v) is 11.4. The monoisotopic (exact) mass is 427 g/mol. The van der Waals surface area contributed by atoms with Crippen LogP contribution in [0.1, 0.15) is 18.5 Å². The van der Waals surface area contributed by atoms with E-state index in [-0.39, 0.29) is 12.6 Å². The van der Waals surface area contributed by atoms with Crippen molar-refractivity contribution in [3.63, 3.8) is 0 Å². The van der Waals surface area contributed by atoms with Gasteiger partial charge in [0.1, 0.15) is 17.4 Å². The van der Waals surface area contributed by atoms with Crippen molar-refractivity contribution in [1.29, 1.82) is 0 Å². The van der Waals surface area contributed by atoms with Crippen LogP contribution in [0.25, 0.3) is 11.0 Å². The normalized spacial score (nSPS) is 15.9. The molecule has 1 fully saturated rings. The Morgan fingerprint density at radius 2 is 1.90 bits per heavy atom. The Morgan fingerprint density at radius 1 is 1.13 bits per heavy atom. The van der Waals surface area contributed by atoms with Gasteiger partial charge in [0.05, 0.1) is 12.6 Å². The van der Waals surface area contributed by atoms with Crippen molar-refractivity contribution in [2.45, 2.75) is 13.0 Å². The summed E-state index contributed by atoms with van der Waals surface area (Å²) in [4.78, 5) is 20.3. The minimum atomic E-state index is -0.791. The summed E-state index contributed by atoms with van der Waals surface area (Å²) in [6.45, 7) is 3.67. The van der Waals surface area contributed by atoms with Crippen LogP contribution in [0.5, 0.6) is 0 Å². The van der Waals surface area contributed by atoms with Crippen LogP contribution in [0.4, 0.5) is 17.6 Å². The van der Waals surface area contributed by atoms with E-state index >= 15 is 0 Å². The Balaban J connectivity index is 1.74. The van der Waals surface area contributed by atoms with Gasteiger partial charge < -0.3 is 20.6 Å². The van der Waals surface area contributed by atoms with Gasteiger partial charge in [0.25, 0.3) is 0 Å². The fourth-order valence-electron chi connectivity index (χ4n) is 3.39. The Morgan fingerprint density at radius 3 is 2.63 bits per heavy atom. The van der Waals surface area contributed by atoms with E-state index in [9.17, 15) is 9.32 Å². The van der Waals surface area contributed by atoms with Crippen LogP contribution in [0.15, 0.2) is 36.7 Å². The molecular weight excluding hydrogens is 402 g/mol. The van der Waals surface area contributed by atoms with E-state index in [0.717, 1.165) is 5.56 Å². The number of nitrogens with one attached hydrogen (secondary N) is 2. The highest BCUT2D eigenvalue weighted by atomic mass is 32.2. The van der Waals surface area contributed by atoms with Gasteiger partial charge in [0.2, 0.25) is 5.95 Å². The molecule has 1 saturated heterocycles. The summed E-state index contributed by atoms with van der Waals surface area (Å²) in [7, 11) is -0.791. The molecule has 3 N–H and O–H groups in total. The highest BCUT2D eigenvalue weighted by Crippen LogP contribution is 2.29. The molecule has 2 aromatic heterocycles. The Kier molecular flexibility index (Phi) is 6.34. The van der Waals surface area contributed by atoms with Gasteiger partial charge in [0, 0.05) is 41.9 Å². The van der Waals surface area contributed by atoms with Crippen molar-refractivity contribution in [1.82, 2.24) is 19.9 Å². The molecule has 3 heterocycles. The minimum Gasteiger partial charge on any atom is -0.395 e. The summed E-state index contributed by atoms with van der Waals surface area (Å²) in [6, 6.07) is 10.1.